The first-order valence-corrected chi connectivity index (χ1v) is 7.05. The molecule has 2 fully saturated rings. The molecule has 2 saturated heterocycles. The molecule has 11 heteroatoms. The molecule has 2 aliphatic heterocycles. The van der Waals surface area contributed by atoms with Crippen LogP contribution in [0, 0.1) is 0 Å². The van der Waals surface area contributed by atoms with Gasteiger partial charge in [0.1, 0.15) is 42.7 Å². The van der Waals surface area contributed by atoms with Crippen LogP contribution < -0.4 is 0 Å². The van der Waals surface area contributed by atoms with Gasteiger partial charge in [-0.1, -0.05) is 0 Å². The van der Waals surface area contributed by atoms with Crippen LogP contribution in [0.15, 0.2) is 0 Å². The number of rotatable bonds is 4. The van der Waals surface area contributed by atoms with Crippen molar-refractivity contribution in [1.29, 1.82) is 0 Å². The predicted octanol–water partition coefficient (Wildman–Crippen LogP) is -5.40. The minimum atomic E-state index is -2.69. The number of aliphatic hydroxyl groups is 8. The minimum Gasteiger partial charge on any atom is -0.394 e. The van der Waals surface area contributed by atoms with Crippen molar-refractivity contribution in [3.63, 3.8) is 0 Å². The van der Waals surface area contributed by atoms with E-state index in [0.717, 1.165) is 0 Å². The van der Waals surface area contributed by atoms with E-state index in [4.69, 9.17) is 24.4 Å². The molecule has 0 aromatic rings. The molecule has 11 nitrogen and oxygen atoms in total. The van der Waals surface area contributed by atoms with E-state index in [9.17, 15) is 30.6 Å². The Kier molecular flexibility index (Phi) is 5.92. The zero-order valence-electron chi connectivity index (χ0n) is 12.0. The van der Waals surface area contributed by atoms with Crippen molar-refractivity contribution >= 4 is 0 Å². The third-order valence-electron chi connectivity index (χ3n) is 4.07. The highest BCUT2D eigenvalue weighted by atomic mass is 16.7. The Morgan fingerprint density at radius 1 is 0.957 bits per heavy atom. The largest absolute Gasteiger partial charge is 0.394 e. The summed E-state index contributed by atoms with van der Waals surface area (Å²) in [6, 6.07) is 0. The highest BCUT2D eigenvalue weighted by Crippen LogP contribution is 2.32. The van der Waals surface area contributed by atoms with Crippen LogP contribution in [0.1, 0.15) is 0 Å². The third kappa shape index (κ3) is 3.36. The van der Waals surface area contributed by atoms with Gasteiger partial charge >= 0.3 is 0 Å². The van der Waals surface area contributed by atoms with E-state index in [-0.39, 0.29) is 0 Å². The van der Waals surface area contributed by atoms with E-state index in [1.54, 1.807) is 0 Å². The summed E-state index contributed by atoms with van der Waals surface area (Å²) in [5, 5.41) is 77.8. The molecule has 0 aromatic heterocycles. The average Bonchev–Trinajstić information content (AvgIpc) is 2.53. The van der Waals surface area contributed by atoms with Crippen molar-refractivity contribution in [2.75, 3.05) is 19.8 Å². The molecule has 0 radical (unpaired) electrons. The quantitative estimate of drug-likeness (QED) is 0.228. The molecule has 0 unspecified atom stereocenters. The van der Waals surface area contributed by atoms with E-state index in [1.165, 1.54) is 0 Å². The number of hydrogen-bond donors (Lipinski definition) is 8. The van der Waals surface area contributed by atoms with Gasteiger partial charge in [-0.25, -0.2) is 0 Å². The molecule has 0 aromatic carbocycles. The van der Waals surface area contributed by atoms with E-state index in [2.05, 4.69) is 0 Å². The van der Waals surface area contributed by atoms with Gasteiger partial charge in [-0.3, -0.25) is 0 Å². The lowest BCUT2D eigenvalue weighted by Gasteiger charge is -2.48. The first-order chi connectivity index (χ1) is 10.8. The van der Waals surface area contributed by atoms with Crippen LogP contribution in [0.3, 0.4) is 0 Å². The number of hydrogen-bond acceptors (Lipinski definition) is 11. The summed E-state index contributed by atoms with van der Waals surface area (Å²) < 4.78 is 14.8. The number of ether oxygens (including phenoxy) is 3. The smallest absolute Gasteiger partial charge is 0.224 e. The molecular weight excluding hydrogens is 320 g/mol. The number of aliphatic hydroxyl groups excluding tert-OH is 7. The summed E-state index contributed by atoms with van der Waals surface area (Å²) in [7, 11) is 0. The molecule has 0 amide bonds. The molecule has 136 valence electrons. The Balaban J connectivity index is 2.18. The summed E-state index contributed by atoms with van der Waals surface area (Å²) in [6.45, 7) is -1.85. The lowest BCUT2D eigenvalue weighted by molar-refractivity contribution is -0.401. The van der Waals surface area contributed by atoms with Crippen LogP contribution in [-0.2, 0) is 14.2 Å². The van der Waals surface area contributed by atoms with Gasteiger partial charge in [0.15, 0.2) is 6.29 Å². The second-order valence-electron chi connectivity index (χ2n) is 5.58. The van der Waals surface area contributed by atoms with Crippen LogP contribution >= 0.6 is 0 Å². The van der Waals surface area contributed by atoms with Gasteiger partial charge in [0.05, 0.1) is 19.8 Å². The van der Waals surface area contributed by atoms with Gasteiger partial charge in [-0.15, -0.1) is 0 Å². The molecular formula is C12H22O11. The second-order valence-corrected chi connectivity index (χ2v) is 5.58. The molecule has 0 saturated carbocycles. The zero-order valence-corrected chi connectivity index (χ0v) is 12.0. The monoisotopic (exact) mass is 342 g/mol. The first kappa shape index (κ1) is 18.9. The van der Waals surface area contributed by atoms with Crippen LogP contribution in [0.5, 0.6) is 0 Å². The topological polar surface area (TPSA) is 190 Å². The van der Waals surface area contributed by atoms with E-state index < -0.39 is 74.6 Å². The Morgan fingerprint density at radius 3 is 2.13 bits per heavy atom. The van der Waals surface area contributed by atoms with Gasteiger partial charge in [0, 0.05) is 0 Å². The average molecular weight is 342 g/mol. The summed E-state index contributed by atoms with van der Waals surface area (Å²) in [6.07, 6.45) is -13.2. The van der Waals surface area contributed by atoms with Crippen LogP contribution in [-0.4, -0.2) is 115 Å². The summed E-state index contributed by atoms with van der Waals surface area (Å²) in [5.41, 5.74) is 0. The first-order valence-electron chi connectivity index (χ1n) is 7.05. The fourth-order valence-electron chi connectivity index (χ4n) is 2.61. The van der Waals surface area contributed by atoms with Gasteiger partial charge in [0.2, 0.25) is 5.79 Å². The Bertz CT molecular complexity index is 395. The standard InChI is InChI=1S/C12H22O11/c13-1-4-7(16)8(17)9(11(19)22-4)23-12(20)6(15)3-21-5(2-14)10(12)18/h4-11,13-20H,1-3H2/t4-,5-,6+,7-,8+,9-,10-,11+,12-/m1/s1. The Hall–Kier alpha value is -0.440. The normalized spacial score (nSPS) is 51.7. The van der Waals surface area contributed by atoms with Crippen LogP contribution in [0.4, 0.5) is 0 Å². The van der Waals surface area contributed by atoms with Gasteiger partial charge in [-0.05, 0) is 0 Å². The molecule has 2 aliphatic rings. The van der Waals surface area contributed by atoms with Crippen molar-refractivity contribution in [1.82, 2.24) is 0 Å². The second kappa shape index (κ2) is 7.21. The van der Waals surface area contributed by atoms with Crippen LogP contribution in [0.2, 0.25) is 0 Å². The lowest BCUT2D eigenvalue weighted by atomic mass is 9.94. The molecule has 0 spiro atoms. The van der Waals surface area contributed by atoms with Crippen molar-refractivity contribution in [3.05, 3.63) is 0 Å². The lowest BCUT2D eigenvalue weighted by Crippen LogP contribution is -2.69. The van der Waals surface area contributed by atoms with Gasteiger partial charge in [0.25, 0.3) is 0 Å². The van der Waals surface area contributed by atoms with Crippen LogP contribution in [0.25, 0.3) is 0 Å². The van der Waals surface area contributed by atoms with E-state index in [1.807, 2.05) is 0 Å². The SMILES string of the molecule is OC[C@H]1O[C@H](O)[C@H](O[C@@]2(O)[C@H](O)[C@@H](CO)OC[C@@H]2O)[C@@H](O)[C@@H]1O. The van der Waals surface area contributed by atoms with E-state index in [0.29, 0.717) is 0 Å². The Labute approximate surface area is 130 Å². The minimum absolute atomic E-state index is 0.486. The highest BCUT2D eigenvalue weighted by Gasteiger charge is 2.56. The maximum absolute atomic E-state index is 10.4. The van der Waals surface area contributed by atoms with Crippen molar-refractivity contribution in [3.8, 4) is 0 Å². The molecule has 23 heavy (non-hydrogen) atoms. The van der Waals surface area contributed by atoms with Crippen molar-refractivity contribution in [2.24, 2.45) is 0 Å². The highest BCUT2D eigenvalue weighted by molar-refractivity contribution is 4.97. The summed E-state index contributed by atoms with van der Waals surface area (Å²) in [4.78, 5) is 0. The molecule has 8 N–H and O–H groups in total. The van der Waals surface area contributed by atoms with Gasteiger partial charge in [-0.2, -0.15) is 0 Å². The molecule has 9 atom stereocenters. The maximum Gasteiger partial charge on any atom is 0.224 e. The fraction of sp³-hybridized carbons (Fsp3) is 1.00. The van der Waals surface area contributed by atoms with Crippen molar-refractivity contribution < 1.29 is 55.1 Å². The molecule has 2 rings (SSSR count). The molecule has 0 aliphatic carbocycles. The van der Waals surface area contributed by atoms with Crippen molar-refractivity contribution in [2.45, 2.75) is 54.8 Å². The summed E-state index contributed by atoms with van der Waals surface area (Å²) in [5.74, 6) is -2.69. The predicted molar refractivity (Wildman–Crippen MR) is 68.6 cm³/mol. The Morgan fingerprint density at radius 2 is 1.57 bits per heavy atom. The fourth-order valence-corrected chi connectivity index (χ4v) is 2.61. The maximum atomic E-state index is 10.4. The summed E-state index contributed by atoms with van der Waals surface area (Å²) >= 11 is 0. The molecule has 0 bridgehead atoms. The zero-order chi connectivity index (χ0) is 17.4. The molecule has 2 heterocycles. The van der Waals surface area contributed by atoms with E-state index >= 15 is 0 Å². The van der Waals surface area contributed by atoms with Gasteiger partial charge < -0.3 is 55.1 Å². The third-order valence-corrected chi connectivity index (χ3v) is 4.07.